The summed E-state index contributed by atoms with van der Waals surface area (Å²) in [5.74, 6) is 0.259. The lowest BCUT2D eigenvalue weighted by Gasteiger charge is -2.36. The molecule has 2 rings (SSSR count). The summed E-state index contributed by atoms with van der Waals surface area (Å²) in [6.07, 6.45) is 5.41. The number of benzene rings is 1. The van der Waals surface area contributed by atoms with Gasteiger partial charge in [0.2, 0.25) is 0 Å². The maximum Gasteiger partial charge on any atom is 0.152 e. The third-order valence-corrected chi connectivity index (χ3v) is 3.51. The van der Waals surface area contributed by atoms with Gasteiger partial charge in [-0.1, -0.05) is 30.3 Å². The summed E-state index contributed by atoms with van der Waals surface area (Å²) in [4.78, 5) is 11.8. The minimum atomic E-state index is -0.462. The van der Waals surface area contributed by atoms with Gasteiger partial charge >= 0.3 is 0 Å². The molecule has 86 valence electrons. The minimum absolute atomic E-state index is 0.259. The molecule has 0 aromatic heterocycles. The monoisotopic (exact) mass is 217 g/mol. The molecule has 0 heterocycles. The van der Waals surface area contributed by atoms with Gasteiger partial charge < -0.3 is 5.73 Å². The first kappa shape index (κ1) is 11.3. The number of aryl methyl sites for hydroxylation is 1. The smallest absolute Gasteiger partial charge is 0.152 e. The fourth-order valence-corrected chi connectivity index (χ4v) is 2.18. The van der Waals surface area contributed by atoms with E-state index >= 15 is 0 Å². The summed E-state index contributed by atoms with van der Waals surface area (Å²) < 4.78 is 0. The Bertz CT molecular complexity index is 354. The lowest BCUT2D eigenvalue weighted by molar-refractivity contribution is -0.127. The summed E-state index contributed by atoms with van der Waals surface area (Å²) >= 11 is 0. The van der Waals surface area contributed by atoms with Crippen molar-refractivity contribution in [2.75, 3.05) is 0 Å². The van der Waals surface area contributed by atoms with Crippen molar-refractivity contribution in [3.8, 4) is 0 Å². The van der Waals surface area contributed by atoms with Gasteiger partial charge in [0.1, 0.15) is 0 Å². The molecule has 0 aliphatic heterocycles. The third-order valence-electron chi connectivity index (χ3n) is 3.51. The lowest BCUT2D eigenvalue weighted by atomic mass is 9.73. The van der Waals surface area contributed by atoms with Crippen LogP contribution in [0.15, 0.2) is 30.3 Å². The zero-order chi connectivity index (χ0) is 11.4. The Kier molecular flexibility index (Phi) is 3.39. The summed E-state index contributed by atoms with van der Waals surface area (Å²) in [5, 5.41) is 0. The van der Waals surface area contributed by atoms with Crippen molar-refractivity contribution in [3.63, 3.8) is 0 Å². The number of rotatable bonds is 5. The highest BCUT2D eigenvalue weighted by molar-refractivity contribution is 5.89. The second-order valence-corrected chi connectivity index (χ2v) is 4.77. The molecule has 0 atom stereocenters. The second-order valence-electron chi connectivity index (χ2n) is 4.77. The van der Waals surface area contributed by atoms with Crippen molar-refractivity contribution in [1.29, 1.82) is 0 Å². The fourth-order valence-electron chi connectivity index (χ4n) is 2.18. The minimum Gasteiger partial charge on any atom is -0.319 e. The third kappa shape index (κ3) is 2.50. The van der Waals surface area contributed by atoms with E-state index in [0.29, 0.717) is 6.42 Å². The SMILES string of the molecule is NC1(C(=O)CCCc2ccccc2)CCC1. The average molecular weight is 217 g/mol. The van der Waals surface area contributed by atoms with Gasteiger partial charge in [-0.05, 0) is 37.7 Å². The highest BCUT2D eigenvalue weighted by atomic mass is 16.1. The zero-order valence-electron chi connectivity index (χ0n) is 9.61. The summed E-state index contributed by atoms with van der Waals surface area (Å²) in [5.41, 5.74) is 6.82. The molecule has 0 unspecified atom stereocenters. The number of carbonyl (C=O) groups excluding carboxylic acids is 1. The molecule has 2 nitrogen and oxygen atoms in total. The molecular weight excluding hydrogens is 198 g/mol. The quantitative estimate of drug-likeness (QED) is 0.823. The number of Topliss-reactive ketones (excluding diaryl/α,β-unsaturated/α-hetero) is 1. The van der Waals surface area contributed by atoms with Gasteiger partial charge in [0.25, 0.3) is 0 Å². The standard InChI is InChI=1S/C14H19NO/c15-14(10-5-11-14)13(16)9-4-8-12-6-2-1-3-7-12/h1-3,6-7H,4-5,8-11,15H2. The molecule has 2 heteroatoms. The van der Waals surface area contributed by atoms with E-state index in [1.807, 2.05) is 18.2 Å². The fraction of sp³-hybridized carbons (Fsp3) is 0.500. The molecule has 1 aromatic rings. The van der Waals surface area contributed by atoms with E-state index in [9.17, 15) is 4.79 Å². The highest BCUT2D eigenvalue weighted by Crippen LogP contribution is 2.31. The summed E-state index contributed by atoms with van der Waals surface area (Å²) in [6, 6.07) is 10.3. The normalized spacial score (nSPS) is 17.8. The summed E-state index contributed by atoms with van der Waals surface area (Å²) in [7, 11) is 0. The molecule has 1 fully saturated rings. The maximum absolute atomic E-state index is 11.8. The second kappa shape index (κ2) is 4.79. The van der Waals surface area contributed by atoms with Crippen LogP contribution in [0.3, 0.4) is 0 Å². The van der Waals surface area contributed by atoms with Gasteiger partial charge in [0.15, 0.2) is 5.78 Å². The van der Waals surface area contributed by atoms with Crippen molar-refractivity contribution in [2.24, 2.45) is 5.73 Å². The van der Waals surface area contributed by atoms with Gasteiger partial charge in [0, 0.05) is 6.42 Å². The molecule has 0 radical (unpaired) electrons. The van der Waals surface area contributed by atoms with Crippen LogP contribution in [0, 0.1) is 0 Å². The van der Waals surface area contributed by atoms with Crippen molar-refractivity contribution in [2.45, 2.75) is 44.1 Å². The van der Waals surface area contributed by atoms with E-state index in [1.165, 1.54) is 5.56 Å². The van der Waals surface area contributed by atoms with E-state index in [2.05, 4.69) is 12.1 Å². The molecule has 0 saturated heterocycles. The molecule has 1 aliphatic rings. The Hall–Kier alpha value is -1.15. The Morgan fingerprint density at radius 3 is 2.50 bits per heavy atom. The molecule has 1 aliphatic carbocycles. The van der Waals surface area contributed by atoms with Crippen LogP contribution >= 0.6 is 0 Å². The van der Waals surface area contributed by atoms with E-state index in [4.69, 9.17) is 5.73 Å². The summed E-state index contributed by atoms with van der Waals surface area (Å²) in [6.45, 7) is 0. The Balaban J connectivity index is 1.74. The topological polar surface area (TPSA) is 43.1 Å². The van der Waals surface area contributed by atoms with E-state index in [0.717, 1.165) is 32.1 Å². The zero-order valence-corrected chi connectivity index (χ0v) is 9.61. The molecule has 1 saturated carbocycles. The van der Waals surface area contributed by atoms with E-state index in [-0.39, 0.29) is 5.78 Å². The van der Waals surface area contributed by atoms with E-state index in [1.54, 1.807) is 0 Å². The first-order chi connectivity index (χ1) is 7.71. The number of carbonyl (C=O) groups is 1. The lowest BCUT2D eigenvalue weighted by Crippen LogP contribution is -2.53. The Morgan fingerprint density at radius 2 is 1.94 bits per heavy atom. The maximum atomic E-state index is 11.8. The van der Waals surface area contributed by atoms with Gasteiger partial charge in [-0.25, -0.2) is 0 Å². The molecule has 2 N–H and O–H groups in total. The van der Waals surface area contributed by atoms with Crippen molar-refractivity contribution in [3.05, 3.63) is 35.9 Å². The van der Waals surface area contributed by atoms with Gasteiger partial charge in [-0.15, -0.1) is 0 Å². The number of hydrogen-bond acceptors (Lipinski definition) is 2. The molecular formula is C14H19NO. The highest BCUT2D eigenvalue weighted by Gasteiger charge is 2.38. The van der Waals surface area contributed by atoms with Gasteiger partial charge in [-0.3, -0.25) is 4.79 Å². The van der Waals surface area contributed by atoms with Crippen LogP contribution in [0.1, 0.15) is 37.7 Å². The molecule has 16 heavy (non-hydrogen) atoms. The molecule has 0 bridgehead atoms. The van der Waals surface area contributed by atoms with Crippen LogP contribution in [0.2, 0.25) is 0 Å². The Morgan fingerprint density at radius 1 is 1.25 bits per heavy atom. The molecule has 0 amide bonds. The van der Waals surface area contributed by atoms with Crippen LogP contribution in [0.25, 0.3) is 0 Å². The van der Waals surface area contributed by atoms with Crippen LogP contribution in [0.4, 0.5) is 0 Å². The van der Waals surface area contributed by atoms with Gasteiger partial charge in [-0.2, -0.15) is 0 Å². The molecule has 0 spiro atoms. The number of nitrogens with two attached hydrogens (primary N) is 1. The first-order valence-electron chi connectivity index (χ1n) is 6.07. The van der Waals surface area contributed by atoms with Crippen molar-refractivity contribution < 1.29 is 4.79 Å². The predicted octanol–water partition coefficient (Wildman–Crippen LogP) is 2.46. The van der Waals surface area contributed by atoms with Crippen LogP contribution in [-0.2, 0) is 11.2 Å². The van der Waals surface area contributed by atoms with Crippen LogP contribution in [-0.4, -0.2) is 11.3 Å². The van der Waals surface area contributed by atoms with Crippen molar-refractivity contribution in [1.82, 2.24) is 0 Å². The van der Waals surface area contributed by atoms with E-state index < -0.39 is 5.54 Å². The van der Waals surface area contributed by atoms with Gasteiger partial charge in [0.05, 0.1) is 5.54 Å². The number of ketones is 1. The number of hydrogen-bond donors (Lipinski definition) is 1. The Labute approximate surface area is 96.8 Å². The van der Waals surface area contributed by atoms with Crippen molar-refractivity contribution >= 4 is 5.78 Å². The van der Waals surface area contributed by atoms with Crippen LogP contribution < -0.4 is 5.73 Å². The van der Waals surface area contributed by atoms with Crippen LogP contribution in [0.5, 0.6) is 0 Å². The largest absolute Gasteiger partial charge is 0.319 e. The predicted molar refractivity (Wildman–Crippen MR) is 65.2 cm³/mol. The molecule has 1 aromatic carbocycles. The average Bonchev–Trinajstić information content (AvgIpc) is 2.27. The first-order valence-corrected chi connectivity index (χ1v) is 6.07.